The van der Waals surface area contributed by atoms with Gasteiger partial charge in [-0.1, -0.05) is 0 Å². The molecule has 0 aliphatic carbocycles. The van der Waals surface area contributed by atoms with E-state index in [1.165, 1.54) is 0 Å². The number of hydrogen-bond acceptors (Lipinski definition) is 3. The van der Waals surface area contributed by atoms with Gasteiger partial charge in [-0.05, 0) is 0 Å². The van der Waals surface area contributed by atoms with Crippen LogP contribution in [-0.2, 0) is 14.9 Å². The van der Waals surface area contributed by atoms with Crippen LogP contribution < -0.4 is 0 Å². The molecule has 0 spiro atoms. The molecular weight excluding hydrogens is 396 g/mol. The number of rotatable bonds is 6. The summed E-state index contributed by atoms with van der Waals surface area (Å²) in [5.41, 5.74) is 0. The van der Waals surface area contributed by atoms with Crippen LogP contribution in [0.15, 0.2) is 0 Å². The predicted molar refractivity (Wildman–Crippen MR) is 43.4 cm³/mol. The molecule has 0 saturated carbocycles. The molecule has 17 heteroatoms. The van der Waals surface area contributed by atoms with Crippen molar-refractivity contribution in [1.29, 1.82) is 0 Å². The quantitative estimate of drug-likeness (QED) is 0.552. The first-order valence-electron chi connectivity index (χ1n) is 4.50. The van der Waals surface area contributed by atoms with E-state index in [4.69, 9.17) is 4.55 Å². The number of halogens is 12. The Hall–Kier alpha value is -0.970. The molecule has 4 nitrogen and oxygen atoms in total. The fourth-order valence-corrected chi connectivity index (χ4v) is 1.03. The van der Waals surface area contributed by atoms with Gasteiger partial charge in [-0.25, -0.2) is 4.39 Å². The summed E-state index contributed by atoms with van der Waals surface area (Å²) in [4.78, 5) is 0. The maximum absolute atomic E-state index is 12.6. The summed E-state index contributed by atoms with van der Waals surface area (Å²) in [6.07, 6.45) is -20.0. The van der Waals surface area contributed by atoms with Crippen molar-refractivity contribution in [3.05, 3.63) is 0 Å². The van der Waals surface area contributed by atoms with Gasteiger partial charge in [0.25, 0.3) is 6.36 Å². The molecule has 1 unspecified atom stereocenters. The maximum Gasteiger partial charge on any atom is 0.460 e. The summed E-state index contributed by atoms with van der Waals surface area (Å²) < 4.78 is 176. The molecule has 0 rings (SSSR count). The van der Waals surface area contributed by atoms with Gasteiger partial charge in [0.15, 0.2) is 0 Å². The minimum atomic E-state index is -7.61. The van der Waals surface area contributed by atoms with Gasteiger partial charge in [0, 0.05) is 0 Å². The molecule has 0 radical (unpaired) electrons. The van der Waals surface area contributed by atoms with Crippen LogP contribution in [0.1, 0.15) is 0 Å². The first-order valence-corrected chi connectivity index (χ1v) is 5.94. The van der Waals surface area contributed by atoms with Crippen LogP contribution >= 0.6 is 0 Å². The Morgan fingerprint density at radius 2 is 1.13 bits per heavy atom. The molecule has 0 bridgehead atoms. The van der Waals surface area contributed by atoms with Crippen molar-refractivity contribution in [2.45, 2.75) is 35.7 Å². The first-order chi connectivity index (χ1) is 9.63. The second-order valence-electron chi connectivity index (χ2n) is 3.63. The normalized spacial score (nSPS) is 17.3. The molecule has 0 saturated heterocycles. The van der Waals surface area contributed by atoms with Crippen molar-refractivity contribution < 1.29 is 70.4 Å². The third-order valence-corrected chi connectivity index (χ3v) is 2.85. The zero-order chi connectivity index (χ0) is 19.3. The zero-order valence-electron chi connectivity index (χ0n) is 9.69. The standard InChI is InChI=1S/C6H2F12O4S/c7-1(2(8,9)23(19,20)21)22-6(17,18)4(12,13)3(10,11)5(14,15)16/h1H,(H,19,20,21). The van der Waals surface area contributed by atoms with E-state index in [1.54, 1.807) is 4.74 Å². The molecular formula is C6H2F12O4S. The van der Waals surface area contributed by atoms with E-state index in [-0.39, 0.29) is 0 Å². The Balaban J connectivity index is 5.76. The van der Waals surface area contributed by atoms with Gasteiger partial charge >= 0.3 is 39.5 Å². The lowest BCUT2D eigenvalue weighted by Gasteiger charge is -2.34. The van der Waals surface area contributed by atoms with Gasteiger partial charge in [0.1, 0.15) is 0 Å². The Labute approximate surface area is 117 Å². The lowest BCUT2D eigenvalue weighted by atomic mass is 10.1. The summed E-state index contributed by atoms with van der Waals surface area (Å²) in [7, 11) is -6.90. The third-order valence-electron chi connectivity index (χ3n) is 1.98. The molecule has 0 aliphatic heterocycles. The Kier molecular flexibility index (Phi) is 5.31. The van der Waals surface area contributed by atoms with Crippen molar-refractivity contribution in [3.63, 3.8) is 0 Å². The highest BCUT2D eigenvalue weighted by molar-refractivity contribution is 7.86. The van der Waals surface area contributed by atoms with Gasteiger partial charge in [0.2, 0.25) is 0 Å². The van der Waals surface area contributed by atoms with E-state index >= 15 is 0 Å². The molecule has 0 aromatic heterocycles. The highest BCUT2D eigenvalue weighted by Gasteiger charge is 2.83. The average Bonchev–Trinajstić information content (AvgIpc) is 2.24. The van der Waals surface area contributed by atoms with Crippen LogP contribution in [0.3, 0.4) is 0 Å². The number of alkyl halides is 12. The fraction of sp³-hybridized carbons (Fsp3) is 1.00. The van der Waals surface area contributed by atoms with Crippen LogP contribution in [-0.4, -0.2) is 48.7 Å². The van der Waals surface area contributed by atoms with Crippen LogP contribution in [0.2, 0.25) is 0 Å². The van der Waals surface area contributed by atoms with Gasteiger partial charge < -0.3 is 0 Å². The largest absolute Gasteiger partial charge is 0.460 e. The summed E-state index contributed by atoms with van der Waals surface area (Å²) >= 11 is 0. The van der Waals surface area contributed by atoms with Gasteiger partial charge in [0.05, 0.1) is 0 Å². The van der Waals surface area contributed by atoms with E-state index in [2.05, 4.69) is 0 Å². The number of hydrogen-bond donors (Lipinski definition) is 1. The molecule has 1 atom stereocenters. The van der Waals surface area contributed by atoms with Crippen LogP contribution in [0.5, 0.6) is 0 Å². The fourth-order valence-electron chi connectivity index (χ4n) is 0.750. The zero-order valence-corrected chi connectivity index (χ0v) is 10.5. The van der Waals surface area contributed by atoms with Gasteiger partial charge in [-0.15, -0.1) is 0 Å². The van der Waals surface area contributed by atoms with Crippen molar-refractivity contribution in [1.82, 2.24) is 0 Å². The van der Waals surface area contributed by atoms with E-state index in [0.717, 1.165) is 0 Å². The van der Waals surface area contributed by atoms with E-state index < -0.39 is 45.9 Å². The van der Waals surface area contributed by atoms with Gasteiger partial charge in [-0.2, -0.15) is 56.7 Å². The Morgan fingerprint density at radius 3 is 1.39 bits per heavy atom. The Bertz CT molecular complexity index is 536. The average molecular weight is 398 g/mol. The van der Waals surface area contributed by atoms with Crippen molar-refractivity contribution >= 4 is 10.1 Å². The maximum atomic E-state index is 12.6. The lowest BCUT2D eigenvalue weighted by Crippen LogP contribution is -2.63. The third kappa shape index (κ3) is 3.59. The van der Waals surface area contributed by atoms with E-state index in [9.17, 15) is 61.1 Å². The predicted octanol–water partition coefficient (Wildman–Crippen LogP) is 3.20. The molecule has 23 heavy (non-hydrogen) atoms. The smallest absolute Gasteiger partial charge is 0.281 e. The number of ether oxygens (including phenoxy) is 1. The molecule has 140 valence electrons. The highest BCUT2D eigenvalue weighted by Crippen LogP contribution is 2.54. The van der Waals surface area contributed by atoms with Crippen molar-refractivity contribution in [2.75, 3.05) is 0 Å². The summed E-state index contributed by atoms with van der Waals surface area (Å²) in [6, 6.07) is 0. The van der Waals surface area contributed by atoms with Crippen LogP contribution in [0.4, 0.5) is 52.7 Å². The molecule has 0 heterocycles. The van der Waals surface area contributed by atoms with E-state index in [0.29, 0.717) is 0 Å². The lowest BCUT2D eigenvalue weighted by molar-refractivity contribution is -0.461. The van der Waals surface area contributed by atoms with E-state index in [1.807, 2.05) is 0 Å². The Morgan fingerprint density at radius 1 is 0.783 bits per heavy atom. The van der Waals surface area contributed by atoms with Crippen molar-refractivity contribution in [2.24, 2.45) is 0 Å². The topological polar surface area (TPSA) is 63.6 Å². The van der Waals surface area contributed by atoms with Crippen LogP contribution in [0.25, 0.3) is 0 Å². The summed E-state index contributed by atoms with van der Waals surface area (Å²) in [5, 5.41) is -6.37. The second kappa shape index (κ2) is 5.54. The minimum absolute atomic E-state index is 1.76. The SMILES string of the molecule is O=S(=O)(O)C(F)(F)C(F)OC(F)(F)C(F)(F)C(F)(F)C(F)(F)F. The van der Waals surface area contributed by atoms with Gasteiger partial charge in [-0.3, -0.25) is 9.29 Å². The molecule has 0 fully saturated rings. The monoisotopic (exact) mass is 398 g/mol. The first kappa shape index (κ1) is 22.0. The van der Waals surface area contributed by atoms with Crippen molar-refractivity contribution in [3.8, 4) is 0 Å². The molecule has 0 aromatic rings. The minimum Gasteiger partial charge on any atom is -0.281 e. The summed E-state index contributed by atoms with van der Waals surface area (Å²) in [5.74, 6) is -15.2. The molecule has 0 aliphatic rings. The molecule has 0 amide bonds. The molecule has 1 N–H and O–H groups in total. The summed E-state index contributed by atoms with van der Waals surface area (Å²) in [6.45, 7) is 0. The molecule has 0 aromatic carbocycles. The highest BCUT2D eigenvalue weighted by atomic mass is 32.2. The second-order valence-corrected chi connectivity index (χ2v) is 5.13. The van der Waals surface area contributed by atoms with Crippen LogP contribution in [0, 0.1) is 0 Å².